The molecule has 0 radical (unpaired) electrons. The molecule has 21 heavy (non-hydrogen) atoms. The molecule has 4 bridgehead atoms. The van der Waals surface area contributed by atoms with Crippen molar-refractivity contribution < 1.29 is 9.18 Å². The molecule has 1 aromatic rings. The summed E-state index contributed by atoms with van der Waals surface area (Å²) >= 11 is 3.14. The van der Waals surface area contributed by atoms with Crippen LogP contribution in [0.4, 0.5) is 10.1 Å². The zero-order valence-electron chi connectivity index (χ0n) is 11.9. The number of carbonyl (C=O) groups is 1. The standard InChI is InChI=1S/C17H19BrFNO/c18-14-2-1-13(6-15(14)19)20-16(21)17-7-10-3-11(8-17)5-12(4-10)9-17/h1-2,6,10-12H,3-5,7-9H2,(H,20,21). The van der Waals surface area contributed by atoms with E-state index in [1.807, 2.05) is 0 Å². The number of carbonyl (C=O) groups excluding carboxylic acids is 1. The second kappa shape index (κ2) is 4.80. The van der Waals surface area contributed by atoms with Crippen LogP contribution in [0, 0.1) is 29.0 Å². The van der Waals surface area contributed by atoms with Crippen LogP contribution in [-0.4, -0.2) is 5.91 Å². The number of nitrogens with one attached hydrogen (secondary N) is 1. The van der Waals surface area contributed by atoms with Crippen LogP contribution in [0.5, 0.6) is 0 Å². The van der Waals surface area contributed by atoms with Crippen LogP contribution in [0.1, 0.15) is 38.5 Å². The van der Waals surface area contributed by atoms with Crippen molar-refractivity contribution in [1.29, 1.82) is 0 Å². The predicted octanol–water partition coefficient (Wildman–Crippen LogP) is 4.74. The van der Waals surface area contributed by atoms with Gasteiger partial charge in [0.25, 0.3) is 0 Å². The molecule has 0 aromatic heterocycles. The molecule has 4 aliphatic rings. The van der Waals surface area contributed by atoms with Crippen LogP contribution in [0.3, 0.4) is 0 Å². The van der Waals surface area contributed by atoms with Gasteiger partial charge in [-0.1, -0.05) is 0 Å². The van der Waals surface area contributed by atoms with Gasteiger partial charge in [-0.05, 0) is 90.4 Å². The van der Waals surface area contributed by atoms with Gasteiger partial charge in [0.2, 0.25) is 5.91 Å². The Kier molecular flexibility index (Phi) is 3.14. The van der Waals surface area contributed by atoms with Gasteiger partial charge >= 0.3 is 0 Å². The largest absolute Gasteiger partial charge is 0.326 e. The molecular weight excluding hydrogens is 333 g/mol. The van der Waals surface area contributed by atoms with Gasteiger partial charge in [-0.2, -0.15) is 0 Å². The van der Waals surface area contributed by atoms with Crippen molar-refractivity contribution >= 4 is 27.5 Å². The average molecular weight is 352 g/mol. The lowest BCUT2D eigenvalue weighted by atomic mass is 9.49. The normalized spacial score (nSPS) is 36.8. The van der Waals surface area contributed by atoms with E-state index >= 15 is 0 Å². The maximum atomic E-state index is 13.6. The predicted molar refractivity (Wildman–Crippen MR) is 83.3 cm³/mol. The molecule has 0 atom stereocenters. The molecule has 4 heteroatoms. The zero-order valence-corrected chi connectivity index (χ0v) is 13.5. The van der Waals surface area contributed by atoms with E-state index in [4.69, 9.17) is 0 Å². The number of anilines is 1. The van der Waals surface area contributed by atoms with Crippen LogP contribution in [0.15, 0.2) is 22.7 Å². The van der Waals surface area contributed by atoms with Crippen molar-refractivity contribution in [3.05, 3.63) is 28.5 Å². The first-order valence-corrected chi connectivity index (χ1v) is 8.60. The molecule has 112 valence electrons. The van der Waals surface area contributed by atoms with Gasteiger partial charge in [0.05, 0.1) is 9.89 Å². The van der Waals surface area contributed by atoms with E-state index in [-0.39, 0.29) is 17.1 Å². The summed E-state index contributed by atoms with van der Waals surface area (Å²) in [6.07, 6.45) is 7.05. The van der Waals surface area contributed by atoms with E-state index in [0.717, 1.165) is 37.0 Å². The summed E-state index contributed by atoms with van der Waals surface area (Å²) in [5.74, 6) is 2.00. The van der Waals surface area contributed by atoms with Crippen LogP contribution in [0.25, 0.3) is 0 Å². The van der Waals surface area contributed by atoms with Gasteiger partial charge in [0, 0.05) is 5.69 Å². The molecule has 0 saturated heterocycles. The Morgan fingerprint density at radius 2 is 1.71 bits per heavy atom. The van der Waals surface area contributed by atoms with Crippen LogP contribution < -0.4 is 5.32 Å². The van der Waals surface area contributed by atoms with Gasteiger partial charge < -0.3 is 5.32 Å². The Balaban J connectivity index is 1.56. The maximum absolute atomic E-state index is 13.6. The van der Waals surface area contributed by atoms with Crippen molar-refractivity contribution in [3.63, 3.8) is 0 Å². The fourth-order valence-electron chi connectivity index (χ4n) is 5.23. The average Bonchev–Trinajstić information content (AvgIpc) is 2.41. The number of hydrogen-bond acceptors (Lipinski definition) is 1. The third-order valence-corrected chi connectivity index (χ3v) is 6.34. The molecule has 5 rings (SSSR count). The quantitative estimate of drug-likeness (QED) is 0.818. The van der Waals surface area contributed by atoms with Gasteiger partial charge in [-0.25, -0.2) is 4.39 Å². The van der Waals surface area contributed by atoms with E-state index in [0.29, 0.717) is 10.2 Å². The number of rotatable bonds is 2. The molecule has 1 N–H and O–H groups in total. The minimum atomic E-state index is -0.335. The SMILES string of the molecule is O=C(Nc1ccc(Br)c(F)c1)C12CC3CC(CC(C3)C1)C2. The highest BCUT2D eigenvalue weighted by Gasteiger charge is 2.54. The third kappa shape index (κ3) is 2.32. The lowest BCUT2D eigenvalue weighted by molar-refractivity contribution is -0.140. The third-order valence-electron chi connectivity index (χ3n) is 5.70. The Bertz CT molecular complexity index is 565. The number of amides is 1. The smallest absolute Gasteiger partial charge is 0.230 e. The van der Waals surface area contributed by atoms with Crippen molar-refractivity contribution in [1.82, 2.24) is 0 Å². The van der Waals surface area contributed by atoms with E-state index in [1.165, 1.54) is 25.3 Å². The highest BCUT2D eigenvalue weighted by Crippen LogP contribution is 2.60. The van der Waals surface area contributed by atoms with Crippen molar-refractivity contribution in [2.45, 2.75) is 38.5 Å². The summed E-state index contributed by atoms with van der Waals surface area (Å²) in [4.78, 5) is 12.8. The molecule has 4 saturated carbocycles. The fraction of sp³-hybridized carbons (Fsp3) is 0.588. The Labute approximate surface area is 132 Å². The Hall–Kier alpha value is -0.900. The summed E-state index contributed by atoms with van der Waals surface area (Å²) < 4.78 is 14.0. The summed E-state index contributed by atoms with van der Waals surface area (Å²) in [7, 11) is 0. The molecule has 4 fully saturated rings. The van der Waals surface area contributed by atoms with Crippen LogP contribution in [-0.2, 0) is 4.79 Å². The molecule has 0 aliphatic heterocycles. The second-order valence-electron chi connectivity index (χ2n) is 7.28. The lowest BCUT2D eigenvalue weighted by Crippen LogP contribution is -2.51. The summed E-state index contributed by atoms with van der Waals surface area (Å²) in [6, 6.07) is 4.79. The first-order valence-electron chi connectivity index (χ1n) is 7.81. The molecular formula is C17H19BrFNO. The molecule has 0 heterocycles. The zero-order chi connectivity index (χ0) is 14.6. The number of hydrogen-bond donors (Lipinski definition) is 1. The van der Waals surface area contributed by atoms with Crippen molar-refractivity contribution in [3.8, 4) is 0 Å². The van der Waals surface area contributed by atoms with Crippen molar-refractivity contribution in [2.24, 2.45) is 23.2 Å². The summed E-state index contributed by atoms with van der Waals surface area (Å²) in [5.41, 5.74) is 0.384. The van der Waals surface area contributed by atoms with Gasteiger partial charge in [-0.15, -0.1) is 0 Å². The van der Waals surface area contributed by atoms with E-state index in [9.17, 15) is 9.18 Å². The number of halogens is 2. The molecule has 4 aliphatic carbocycles. The highest BCUT2D eigenvalue weighted by molar-refractivity contribution is 9.10. The summed E-state index contributed by atoms with van der Waals surface area (Å²) in [6.45, 7) is 0. The lowest BCUT2D eigenvalue weighted by Gasteiger charge is -2.55. The van der Waals surface area contributed by atoms with E-state index in [2.05, 4.69) is 21.2 Å². The minimum absolute atomic E-state index is 0.114. The van der Waals surface area contributed by atoms with Gasteiger partial charge in [0.15, 0.2) is 0 Å². The van der Waals surface area contributed by atoms with Crippen LogP contribution in [0.2, 0.25) is 0 Å². The summed E-state index contributed by atoms with van der Waals surface area (Å²) in [5, 5.41) is 2.97. The fourth-order valence-corrected chi connectivity index (χ4v) is 5.47. The van der Waals surface area contributed by atoms with E-state index in [1.54, 1.807) is 12.1 Å². The van der Waals surface area contributed by atoms with Gasteiger partial charge in [-0.3, -0.25) is 4.79 Å². The van der Waals surface area contributed by atoms with Crippen LogP contribution >= 0.6 is 15.9 Å². The highest BCUT2D eigenvalue weighted by atomic mass is 79.9. The molecule has 1 aromatic carbocycles. The van der Waals surface area contributed by atoms with Gasteiger partial charge in [0.1, 0.15) is 5.82 Å². The van der Waals surface area contributed by atoms with Crippen molar-refractivity contribution in [2.75, 3.05) is 5.32 Å². The second-order valence-corrected chi connectivity index (χ2v) is 8.14. The molecule has 1 amide bonds. The number of benzene rings is 1. The Morgan fingerprint density at radius 3 is 2.24 bits per heavy atom. The molecule has 0 spiro atoms. The molecule has 2 nitrogen and oxygen atoms in total. The minimum Gasteiger partial charge on any atom is -0.326 e. The monoisotopic (exact) mass is 351 g/mol. The Morgan fingerprint density at radius 1 is 1.14 bits per heavy atom. The first-order chi connectivity index (χ1) is 10.0. The van der Waals surface area contributed by atoms with E-state index < -0.39 is 0 Å². The maximum Gasteiger partial charge on any atom is 0.230 e. The first kappa shape index (κ1) is 13.7. The topological polar surface area (TPSA) is 29.1 Å². The molecule has 0 unspecified atom stereocenters.